The number of piperidine rings is 1. The third-order valence-electron chi connectivity index (χ3n) is 8.50. The largest absolute Gasteiger partial charge is 0.480 e. The monoisotopic (exact) mass is 550 g/mol. The van der Waals surface area contributed by atoms with Crippen LogP contribution >= 0.6 is 0 Å². The summed E-state index contributed by atoms with van der Waals surface area (Å²) in [7, 11) is 0. The Kier molecular flexibility index (Phi) is 11.6. The van der Waals surface area contributed by atoms with Gasteiger partial charge in [-0.3, -0.25) is 4.79 Å². The molecule has 0 spiro atoms. The van der Waals surface area contributed by atoms with E-state index >= 15 is 0 Å². The number of carbonyl (C=O) groups excluding carboxylic acids is 1. The lowest BCUT2D eigenvalue weighted by Gasteiger charge is -2.33. The van der Waals surface area contributed by atoms with Gasteiger partial charge in [0.25, 0.3) is 5.91 Å². The number of hydrogen-bond donors (Lipinski definition) is 3. The van der Waals surface area contributed by atoms with Crippen LogP contribution in [0.5, 0.6) is 0 Å². The van der Waals surface area contributed by atoms with Crippen molar-refractivity contribution in [3.8, 4) is 11.1 Å². The van der Waals surface area contributed by atoms with Gasteiger partial charge in [0.2, 0.25) is 0 Å². The van der Waals surface area contributed by atoms with Crippen LogP contribution in [0.2, 0.25) is 0 Å². The Morgan fingerprint density at radius 3 is 2.42 bits per heavy atom. The second-order valence-corrected chi connectivity index (χ2v) is 11.6. The van der Waals surface area contributed by atoms with E-state index in [1.165, 1.54) is 51.4 Å². The number of aryl methyl sites for hydroxylation is 1. The fourth-order valence-electron chi connectivity index (χ4n) is 6.23. The van der Waals surface area contributed by atoms with E-state index in [2.05, 4.69) is 10.2 Å². The summed E-state index contributed by atoms with van der Waals surface area (Å²) in [6.45, 7) is 5.43. The SMILES string of the molecule is Cc1ccccc1-c1cc(COC(CC2CCCCC2)CN2CCCCC2)ccc1C(=O)NC(CCO)C(=O)O. The van der Waals surface area contributed by atoms with Crippen molar-refractivity contribution in [1.29, 1.82) is 0 Å². The Balaban J connectivity index is 1.54. The molecule has 2 aromatic carbocycles. The van der Waals surface area contributed by atoms with E-state index in [0.29, 0.717) is 12.2 Å². The van der Waals surface area contributed by atoms with Crippen LogP contribution in [-0.4, -0.2) is 65.4 Å². The topological polar surface area (TPSA) is 99.1 Å². The molecule has 1 aliphatic carbocycles. The van der Waals surface area contributed by atoms with Crippen LogP contribution in [0.15, 0.2) is 42.5 Å². The summed E-state index contributed by atoms with van der Waals surface area (Å²) in [4.78, 5) is 27.4. The summed E-state index contributed by atoms with van der Waals surface area (Å²) in [5, 5.41) is 21.3. The van der Waals surface area contributed by atoms with Gasteiger partial charge in [0, 0.05) is 25.1 Å². The molecule has 1 saturated heterocycles. The van der Waals surface area contributed by atoms with E-state index in [1.807, 2.05) is 43.3 Å². The van der Waals surface area contributed by atoms with Gasteiger partial charge in [-0.05, 0) is 79.6 Å². The first kappa shape index (κ1) is 30.2. The molecule has 7 nitrogen and oxygen atoms in total. The number of carboxylic acids is 1. The first-order valence-electron chi connectivity index (χ1n) is 15.1. The van der Waals surface area contributed by atoms with Crippen LogP contribution in [0, 0.1) is 12.8 Å². The molecule has 2 atom stereocenters. The van der Waals surface area contributed by atoms with Gasteiger partial charge in [-0.2, -0.15) is 0 Å². The van der Waals surface area contributed by atoms with Crippen molar-refractivity contribution < 1.29 is 24.5 Å². The van der Waals surface area contributed by atoms with Crippen LogP contribution in [0.25, 0.3) is 11.1 Å². The van der Waals surface area contributed by atoms with Crippen LogP contribution in [-0.2, 0) is 16.1 Å². The summed E-state index contributed by atoms with van der Waals surface area (Å²) in [6, 6.07) is 12.4. The fourth-order valence-corrected chi connectivity index (χ4v) is 6.23. The van der Waals surface area contributed by atoms with Crippen molar-refractivity contribution >= 4 is 11.9 Å². The summed E-state index contributed by atoms with van der Waals surface area (Å²) in [5.41, 5.74) is 4.11. The molecule has 0 radical (unpaired) electrons. The zero-order valence-corrected chi connectivity index (χ0v) is 23.9. The van der Waals surface area contributed by atoms with Gasteiger partial charge < -0.3 is 25.2 Å². The second-order valence-electron chi connectivity index (χ2n) is 11.6. The zero-order chi connectivity index (χ0) is 28.3. The van der Waals surface area contributed by atoms with Gasteiger partial charge in [0.15, 0.2) is 0 Å². The maximum Gasteiger partial charge on any atom is 0.326 e. The third kappa shape index (κ3) is 8.63. The summed E-state index contributed by atoms with van der Waals surface area (Å²) in [6.07, 6.45) is 11.7. The molecule has 2 aliphatic rings. The lowest BCUT2D eigenvalue weighted by molar-refractivity contribution is -0.139. The minimum Gasteiger partial charge on any atom is -0.480 e. The number of benzene rings is 2. The molecule has 40 heavy (non-hydrogen) atoms. The molecule has 4 rings (SSSR count). The maximum absolute atomic E-state index is 13.3. The third-order valence-corrected chi connectivity index (χ3v) is 8.50. The molecular formula is C33H46N2O5. The first-order chi connectivity index (χ1) is 19.4. The van der Waals surface area contributed by atoms with E-state index in [9.17, 15) is 19.8 Å². The number of nitrogens with one attached hydrogen (secondary N) is 1. The molecule has 218 valence electrons. The summed E-state index contributed by atoms with van der Waals surface area (Å²) < 4.78 is 6.64. The van der Waals surface area contributed by atoms with Gasteiger partial charge in [0.1, 0.15) is 6.04 Å². The molecule has 0 aromatic heterocycles. The molecule has 0 bridgehead atoms. The van der Waals surface area contributed by atoms with Crippen LogP contribution in [0.4, 0.5) is 0 Å². The second kappa shape index (κ2) is 15.3. The van der Waals surface area contributed by atoms with Crippen molar-refractivity contribution in [1.82, 2.24) is 10.2 Å². The number of likely N-dealkylation sites (tertiary alicyclic amines) is 1. The quantitative estimate of drug-likeness (QED) is 0.302. The standard InChI is InChI=1S/C33H46N2O5/c1-24-10-6-7-13-28(24)30-21-26(14-15-29(30)32(37)34-31(16-19-36)33(38)39)23-40-27(20-25-11-4-2-5-12-25)22-35-17-8-3-9-18-35/h6-7,10,13-15,21,25,27,31,36H,2-5,8-9,11-12,16-20,22-23H2,1H3,(H,34,37)(H,38,39). The van der Waals surface area contributed by atoms with Crippen LogP contribution < -0.4 is 5.32 Å². The van der Waals surface area contributed by atoms with Gasteiger partial charge in [-0.15, -0.1) is 0 Å². The van der Waals surface area contributed by atoms with Crippen LogP contribution in [0.3, 0.4) is 0 Å². The highest BCUT2D eigenvalue weighted by atomic mass is 16.5. The van der Waals surface area contributed by atoms with Crippen molar-refractivity contribution in [3.05, 3.63) is 59.2 Å². The van der Waals surface area contributed by atoms with Crippen molar-refractivity contribution in [2.75, 3.05) is 26.2 Å². The normalized spacial score (nSPS) is 18.2. The Labute approximate surface area is 238 Å². The predicted octanol–water partition coefficient (Wildman–Crippen LogP) is 5.57. The highest BCUT2D eigenvalue weighted by Crippen LogP contribution is 2.31. The highest BCUT2D eigenvalue weighted by molar-refractivity contribution is 6.02. The number of ether oxygens (including phenoxy) is 1. The number of amides is 1. The van der Waals surface area contributed by atoms with E-state index < -0.39 is 17.9 Å². The van der Waals surface area contributed by atoms with Gasteiger partial charge in [0.05, 0.1) is 12.7 Å². The van der Waals surface area contributed by atoms with Crippen molar-refractivity contribution in [2.24, 2.45) is 5.92 Å². The van der Waals surface area contributed by atoms with Crippen molar-refractivity contribution in [2.45, 2.75) is 89.9 Å². The van der Waals surface area contributed by atoms with E-state index in [0.717, 1.165) is 54.2 Å². The summed E-state index contributed by atoms with van der Waals surface area (Å²) >= 11 is 0. The maximum atomic E-state index is 13.3. The molecule has 1 aliphatic heterocycles. The van der Waals surface area contributed by atoms with E-state index in [1.54, 1.807) is 6.07 Å². The Morgan fingerprint density at radius 1 is 1.00 bits per heavy atom. The number of aliphatic hydroxyl groups excluding tert-OH is 1. The lowest BCUT2D eigenvalue weighted by Crippen LogP contribution is -2.41. The number of hydrogen-bond acceptors (Lipinski definition) is 5. The average molecular weight is 551 g/mol. The highest BCUT2D eigenvalue weighted by Gasteiger charge is 2.25. The number of aliphatic hydroxyl groups is 1. The number of rotatable bonds is 13. The van der Waals surface area contributed by atoms with Gasteiger partial charge in [-0.1, -0.05) is 68.9 Å². The molecule has 7 heteroatoms. The molecule has 2 fully saturated rings. The lowest BCUT2D eigenvalue weighted by atomic mass is 9.85. The number of carbonyl (C=O) groups is 2. The van der Waals surface area contributed by atoms with Gasteiger partial charge in [-0.25, -0.2) is 4.79 Å². The smallest absolute Gasteiger partial charge is 0.326 e. The number of aliphatic carboxylic acids is 1. The fraction of sp³-hybridized carbons (Fsp3) is 0.576. The molecule has 2 aromatic rings. The van der Waals surface area contributed by atoms with Crippen LogP contribution in [0.1, 0.15) is 85.7 Å². The minimum atomic E-state index is -1.16. The average Bonchev–Trinajstić information content (AvgIpc) is 2.97. The van der Waals surface area contributed by atoms with Gasteiger partial charge >= 0.3 is 5.97 Å². The Morgan fingerprint density at radius 2 is 1.73 bits per heavy atom. The molecular weight excluding hydrogens is 504 g/mol. The summed E-state index contributed by atoms with van der Waals surface area (Å²) in [5.74, 6) is -0.896. The zero-order valence-electron chi connectivity index (χ0n) is 23.9. The Hall–Kier alpha value is -2.74. The van der Waals surface area contributed by atoms with Crippen molar-refractivity contribution in [3.63, 3.8) is 0 Å². The number of nitrogens with zero attached hydrogens (tertiary/aromatic N) is 1. The predicted molar refractivity (Wildman–Crippen MR) is 157 cm³/mol. The molecule has 2 unspecified atom stereocenters. The van der Waals surface area contributed by atoms with E-state index in [4.69, 9.17) is 4.74 Å². The first-order valence-corrected chi connectivity index (χ1v) is 15.1. The minimum absolute atomic E-state index is 0.0495. The number of carboxylic acid groups (broad SMARTS) is 1. The molecule has 1 amide bonds. The molecule has 3 N–H and O–H groups in total. The van der Waals surface area contributed by atoms with E-state index in [-0.39, 0.29) is 19.1 Å². The molecule has 1 saturated carbocycles. The molecule has 1 heterocycles. The Bertz CT molecular complexity index is 1090.